The zero-order valence-electron chi connectivity index (χ0n) is 13.4. The van der Waals surface area contributed by atoms with Crippen LogP contribution in [0.25, 0.3) is 0 Å². The van der Waals surface area contributed by atoms with Gasteiger partial charge in [-0.2, -0.15) is 18.3 Å². The van der Waals surface area contributed by atoms with Gasteiger partial charge in [-0.25, -0.2) is 0 Å². The molecule has 0 spiro atoms. The van der Waals surface area contributed by atoms with E-state index in [0.717, 1.165) is 6.07 Å². The molecule has 1 aliphatic heterocycles. The van der Waals surface area contributed by atoms with Gasteiger partial charge in [0.2, 0.25) is 5.91 Å². The first kappa shape index (κ1) is 17.3. The third kappa shape index (κ3) is 4.30. The number of rotatable bonds is 4. The van der Waals surface area contributed by atoms with Gasteiger partial charge < -0.3 is 15.5 Å². The lowest BCUT2D eigenvalue weighted by Gasteiger charge is -2.31. The molecule has 2 heterocycles. The van der Waals surface area contributed by atoms with Gasteiger partial charge in [0.25, 0.3) is 0 Å². The predicted octanol–water partition coefficient (Wildman–Crippen LogP) is 1.95. The van der Waals surface area contributed by atoms with E-state index in [1.54, 1.807) is 17.2 Å². The largest absolute Gasteiger partial charge is 0.418 e. The van der Waals surface area contributed by atoms with E-state index >= 15 is 0 Å². The van der Waals surface area contributed by atoms with Gasteiger partial charge in [0.05, 0.1) is 5.56 Å². The van der Waals surface area contributed by atoms with E-state index in [4.69, 9.17) is 0 Å². The first-order chi connectivity index (χ1) is 11.9. The van der Waals surface area contributed by atoms with E-state index in [1.807, 2.05) is 0 Å². The molecule has 134 valence electrons. The molecule has 0 saturated carbocycles. The fraction of sp³-hybridized carbons (Fsp3) is 0.375. The third-order valence-electron chi connectivity index (χ3n) is 3.91. The fourth-order valence-corrected chi connectivity index (χ4v) is 2.76. The SMILES string of the molecule is O=C(Cn1cccn1)Nc1ccc(N2CCNCC2)c(C(F)(F)F)c1. The highest BCUT2D eigenvalue weighted by Gasteiger charge is 2.35. The van der Waals surface area contributed by atoms with Crippen molar-refractivity contribution in [3.63, 3.8) is 0 Å². The van der Waals surface area contributed by atoms with Gasteiger partial charge in [0.15, 0.2) is 0 Å². The molecule has 0 bridgehead atoms. The number of alkyl halides is 3. The summed E-state index contributed by atoms with van der Waals surface area (Å²) in [6.45, 7) is 2.23. The first-order valence-corrected chi connectivity index (χ1v) is 7.88. The van der Waals surface area contributed by atoms with Crippen LogP contribution in [-0.2, 0) is 17.5 Å². The lowest BCUT2D eigenvalue weighted by molar-refractivity contribution is -0.137. The number of halogens is 3. The standard InChI is InChI=1S/C16H18F3N5O/c17-16(18,19)13-10-12(22-15(25)11-24-7-1-4-21-24)2-3-14(13)23-8-5-20-6-9-23/h1-4,7,10,20H,5-6,8-9,11H2,(H,22,25). The molecule has 2 aromatic rings. The van der Waals surface area contributed by atoms with Crippen LogP contribution in [0.3, 0.4) is 0 Å². The summed E-state index contributed by atoms with van der Waals surface area (Å²) in [6, 6.07) is 5.56. The second-order valence-electron chi connectivity index (χ2n) is 5.72. The highest BCUT2D eigenvalue weighted by Crippen LogP contribution is 2.38. The van der Waals surface area contributed by atoms with Gasteiger partial charge in [-0.15, -0.1) is 0 Å². The number of amides is 1. The first-order valence-electron chi connectivity index (χ1n) is 7.88. The summed E-state index contributed by atoms with van der Waals surface area (Å²) in [7, 11) is 0. The predicted molar refractivity (Wildman–Crippen MR) is 87.4 cm³/mol. The average molecular weight is 353 g/mol. The van der Waals surface area contributed by atoms with Gasteiger partial charge in [-0.1, -0.05) is 0 Å². The highest BCUT2D eigenvalue weighted by atomic mass is 19.4. The molecule has 0 radical (unpaired) electrons. The summed E-state index contributed by atoms with van der Waals surface area (Å²) in [4.78, 5) is 13.7. The lowest BCUT2D eigenvalue weighted by atomic mass is 10.1. The van der Waals surface area contributed by atoms with Crippen molar-refractivity contribution in [3.05, 3.63) is 42.2 Å². The average Bonchev–Trinajstić information content (AvgIpc) is 3.07. The van der Waals surface area contributed by atoms with Crippen LogP contribution >= 0.6 is 0 Å². The number of anilines is 2. The molecule has 0 aliphatic carbocycles. The van der Waals surface area contributed by atoms with Crippen molar-refractivity contribution in [2.75, 3.05) is 36.4 Å². The van der Waals surface area contributed by atoms with E-state index in [1.165, 1.54) is 23.0 Å². The second kappa shape index (κ2) is 7.14. The molecule has 0 unspecified atom stereocenters. The molecule has 2 N–H and O–H groups in total. The zero-order chi connectivity index (χ0) is 17.9. The summed E-state index contributed by atoms with van der Waals surface area (Å²) >= 11 is 0. The topological polar surface area (TPSA) is 62.2 Å². The third-order valence-corrected chi connectivity index (χ3v) is 3.91. The van der Waals surface area contributed by atoms with Crippen LogP contribution in [0, 0.1) is 0 Å². The van der Waals surface area contributed by atoms with Gasteiger partial charge in [-0.3, -0.25) is 9.48 Å². The van der Waals surface area contributed by atoms with Crippen LogP contribution in [0.4, 0.5) is 24.5 Å². The Labute approximate surface area is 142 Å². The zero-order valence-corrected chi connectivity index (χ0v) is 13.4. The number of benzene rings is 1. The summed E-state index contributed by atoms with van der Waals surface area (Å²) in [6.07, 6.45) is -1.37. The van der Waals surface area contributed by atoms with Crippen LogP contribution in [0.5, 0.6) is 0 Å². The van der Waals surface area contributed by atoms with Crippen molar-refractivity contribution in [1.82, 2.24) is 15.1 Å². The van der Waals surface area contributed by atoms with Crippen LogP contribution < -0.4 is 15.5 Å². The molecule has 1 saturated heterocycles. The molecule has 9 heteroatoms. The number of nitrogens with zero attached hydrogens (tertiary/aromatic N) is 3. The van der Waals surface area contributed by atoms with Gasteiger partial charge >= 0.3 is 6.18 Å². The van der Waals surface area contributed by atoms with Gasteiger partial charge in [0, 0.05) is 49.9 Å². The number of carbonyl (C=O) groups is 1. The van der Waals surface area contributed by atoms with Gasteiger partial charge in [-0.05, 0) is 24.3 Å². The maximum absolute atomic E-state index is 13.5. The monoisotopic (exact) mass is 353 g/mol. The van der Waals surface area contributed by atoms with Crippen LogP contribution in [0.1, 0.15) is 5.56 Å². The number of nitrogens with one attached hydrogen (secondary N) is 2. The summed E-state index contributed by atoms with van der Waals surface area (Å²) in [5.41, 5.74) is -0.492. The summed E-state index contributed by atoms with van der Waals surface area (Å²) in [5.74, 6) is -0.438. The summed E-state index contributed by atoms with van der Waals surface area (Å²) in [5, 5.41) is 9.50. The Balaban J connectivity index is 1.80. The van der Waals surface area contributed by atoms with Crippen LogP contribution in [0.15, 0.2) is 36.7 Å². The molecular formula is C16H18F3N5O. The minimum absolute atomic E-state index is 0.0616. The summed E-state index contributed by atoms with van der Waals surface area (Å²) < 4.78 is 41.8. The number of carbonyl (C=O) groups excluding carboxylic acids is 1. The Morgan fingerprint density at radius 3 is 2.68 bits per heavy atom. The Bertz CT molecular complexity index is 724. The van der Waals surface area contributed by atoms with E-state index in [-0.39, 0.29) is 17.9 Å². The molecule has 1 fully saturated rings. The minimum atomic E-state index is -4.50. The van der Waals surface area contributed by atoms with Gasteiger partial charge in [0.1, 0.15) is 6.54 Å². The fourth-order valence-electron chi connectivity index (χ4n) is 2.76. The molecule has 6 nitrogen and oxygen atoms in total. The normalized spacial score (nSPS) is 15.2. The van der Waals surface area contributed by atoms with Crippen molar-refractivity contribution in [2.45, 2.75) is 12.7 Å². The molecular weight excluding hydrogens is 335 g/mol. The number of aromatic nitrogens is 2. The lowest BCUT2D eigenvalue weighted by Crippen LogP contribution is -2.44. The van der Waals surface area contributed by atoms with Crippen molar-refractivity contribution in [1.29, 1.82) is 0 Å². The Hall–Kier alpha value is -2.55. The number of hydrogen-bond donors (Lipinski definition) is 2. The van der Waals surface area contributed by atoms with Crippen molar-refractivity contribution in [3.8, 4) is 0 Å². The van der Waals surface area contributed by atoms with Crippen LogP contribution in [0.2, 0.25) is 0 Å². The molecule has 1 aromatic carbocycles. The molecule has 1 aliphatic rings. The Morgan fingerprint density at radius 1 is 1.28 bits per heavy atom. The highest BCUT2D eigenvalue weighted by molar-refractivity contribution is 5.91. The van der Waals surface area contributed by atoms with E-state index in [9.17, 15) is 18.0 Å². The number of hydrogen-bond acceptors (Lipinski definition) is 4. The molecule has 0 atom stereocenters. The van der Waals surface area contributed by atoms with Crippen molar-refractivity contribution >= 4 is 17.3 Å². The molecule has 1 aromatic heterocycles. The maximum Gasteiger partial charge on any atom is 0.418 e. The van der Waals surface area contributed by atoms with Crippen LogP contribution in [-0.4, -0.2) is 41.9 Å². The second-order valence-corrected chi connectivity index (χ2v) is 5.72. The number of piperazine rings is 1. The Kier molecular flexibility index (Phi) is 4.93. The van der Waals surface area contributed by atoms with E-state index < -0.39 is 17.6 Å². The smallest absolute Gasteiger partial charge is 0.368 e. The molecule has 3 rings (SSSR count). The van der Waals surface area contributed by atoms with E-state index in [0.29, 0.717) is 26.2 Å². The maximum atomic E-state index is 13.5. The molecule has 25 heavy (non-hydrogen) atoms. The van der Waals surface area contributed by atoms with E-state index in [2.05, 4.69) is 15.7 Å². The quantitative estimate of drug-likeness (QED) is 0.882. The minimum Gasteiger partial charge on any atom is -0.368 e. The Morgan fingerprint density at radius 2 is 2.04 bits per heavy atom. The van der Waals surface area contributed by atoms with Crippen molar-refractivity contribution in [2.24, 2.45) is 0 Å². The molecule has 1 amide bonds. The van der Waals surface area contributed by atoms with Crippen molar-refractivity contribution < 1.29 is 18.0 Å².